The highest BCUT2D eigenvalue weighted by Gasteiger charge is 2.58. The maximum Gasteiger partial charge on any atom is 0.326 e. The first-order valence-corrected chi connectivity index (χ1v) is 40.4. The monoisotopic (exact) mass is 1810 g/mol. The fourth-order valence-electron chi connectivity index (χ4n) is 13.6. The van der Waals surface area contributed by atoms with E-state index in [-0.39, 0.29) is 38.8 Å². The molecule has 53 heteroatoms. The van der Waals surface area contributed by atoms with Crippen LogP contribution in [0.5, 0.6) is 0 Å². The quantitative estimate of drug-likeness (QED) is 0.0252. The Kier molecular flexibility index (Phi) is 45.2. The molecule has 0 saturated carbocycles. The van der Waals surface area contributed by atoms with Crippen LogP contribution in [0.4, 0.5) is 0 Å². The predicted molar refractivity (Wildman–Crippen MR) is 421 cm³/mol. The van der Waals surface area contributed by atoms with Gasteiger partial charge in [0.15, 0.2) is 25.2 Å². The maximum absolute atomic E-state index is 14.3. The van der Waals surface area contributed by atoms with E-state index in [1.165, 1.54) is 0 Å². The molecule has 0 bridgehead atoms. The summed E-state index contributed by atoms with van der Waals surface area (Å²) in [7, 11) is 0. The van der Waals surface area contributed by atoms with E-state index >= 15 is 0 Å². The Hall–Kier alpha value is -9.77. The smallest absolute Gasteiger partial charge is 0.326 e. The summed E-state index contributed by atoms with van der Waals surface area (Å²) in [5.41, 5.74) is 27.3. The van der Waals surface area contributed by atoms with Crippen molar-refractivity contribution in [2.45, 2.75) is 316 Å². The van der Waals surface area contributed by atoms with Crippen molar-refractivity contribution in [2.75, 3.05) is 39.5 Å². The molecule has 716 valence electrons. The van der Waals surface area contributed by atoms with Crippen molar-refractivity contribution >= 4 is 101 Å². The number of hydrogen-bond acceptors (Lipinski definition) is 36. The lowest BCUT2D eigenvalue weighted by atomic mass is 9.92. The summed E-state index contributed by atoms with van der Waals surface area (Å²) in [4.78, 5) is 220. The minimum absolute atomic E-state index is 0.0251. The molecule has 4 fully saturated rings. The second-order valence-electron chi connectivity index (χ2n) is 30.5. The van der Waals surface area contributed by atoms with Crippen LogP contribution >= 0.6 is 0 Å². The Morgan fingerprint density at radius 2 is 0.770 bits per heavy atom. The highest BCUT2D eigenvalue weighted by atomic mass is 16.8. The lowest BCUT2D eigenvalue weighted by Crippen LogP contribution is -2.72. The normalized spacial score (nSPS) is 28.3. The van der Waals surface area contributed by atoms with Crippen LogP contribution in [0.1, 0.15) is 133 Å². The van der Waals surface area contributed by atoms with Gasteiger partial charge in [-0.25, -0.2) is 4.79 Å². The van der Waals surface area contributed by atoms with Gasteiger partial charge in [0, 0.05) is 47.1 Å². The van der Waals surface area contributed by atoms with Gasteiger partial charge in [-0.1, -0.05) is 0 Å². The van der Waals surface area contributed by atoms with Gasteiger partial charge < -0.3 is 186 Å². The molecule has 32 N–H and O–H groups in total. The van der Waals surface area contributed by atoms with E-state index in [0.29, 0.717) is 12.8 Å². The number of carboxylic acids is 2. The van der Waals surface area contributed by atoms with Crippen molar-refractivity contribution in [2.24, 2.45) is 28.7 Å². The number of carbonyl (C=O) groups is 17. The van der Waals surface area contributed by atoms with Gasteiger partial charge in [0.1, 0.15) is 152 Å². The van der Waals surface area contributed by atoms with Gasteiger partial charge >= 0.3 is 11.9 Å². The fraction of sp³-hybridized carbons (Fsp3) is 0.767. The van der Waals surface area contributed by atoms with E-state index in [9.17, 15) is 133 Å². The van der Waals surface area contributed by atoms with Gasteiger partial charge in [-0.2, -0.15) is 0 Å². The van der Waals surface area contributed by atoms with Crippen LogP contribution in [0.3, 0.4) is 0 Å². The lowest BCUT2D eigenvalue weighted by molar-refractivity contribution is -0.365. The van der Waals surface area contributed by atoms with Gasteiger partial charge in [-0.15, -0.1) is 0 Å². The van der Waals surface area contributed by atoms with Crippen molar-refractivity contribution in [3.63, 3.8) is 0 Å². The van der Waals surface area contributed by atoms with E-state index in [2.05, 4.69) is 63.8 Å². The van der Waals surface area contributed by atoms with Gasteiger partial charge in [0.25, 0.3) is 0 Å². The number of hydrogen-bond donors (Lipinski definition) is 27. The van der Waals surface area contributed by atoms with Crippen molar-refractivity contribution < 1.29 is 175 Å². The average Bonchev–Trinajstić information content (AvgIpc) is 0.763. The third-order valence-electron chi connectivity index (χ3n) is 20.3. The molecule has 0 radical (unpaired) electrons. The minimum Gasteiger partial charge on any atom is -0.480 e. The van der Waals surface area contributed by atoms with Crippen molar-refractivity contribution in [3.8, 4) is 0 Å². The zero-order valence-electron chi connectivity index (χ0n) is 70.8. The molecule has 4 rings (SSSR count). The summed E-state index contributed by atoms with van der Waals surface area (Å²) in [5.74, 6) is -17.4. The molecule has 30 atom stereocenters. The van der Waals surface area contributed by atoms with Crippen LogP contribution in [0.2, 0.25) is 0 Å². The molecule has 0 aromatic heterocycles. The summed E-state index contributed by atoms with van der Waals surface area (Å²) >= 11 is 0. The summed E-state index contributed by atoms with van der Waals surface area (Å²) in [6.45, 7) is 5.31. The first-order valence-electron chi connectivity index (χ1n) is 40.4. The summed E-state index contributed by atoms with van der Waals surface area (Å²) in [6.07, 6.45) is -36.8. The number of primary amides is 3. The summed E-state index contributed by atoms with van der Waals surface area (Å²) < 4.78 is 55.8. The van der Waals surface area contributed by atoms with E-state index in [4.69, 9.17) is 71.3 Å². The number of aliphatic hydroxyl groups excluding tert-OH is 8. The van der Waals surface area contributed by atoms with Gasteiger partial charge in [0.2, 0.25) is 88.6 Å². The van der Waals surface area contributed by atoms with Gasteiger partial charge in [0.05, 0.1) is 38.9 Å². The molecule has 4 saturated heterocycles. The standard InChI is InChI=1S/C73H123N17O36/c1-27(63(108)89-37(61(77)106)16-18-45(99)87-39(67(112)82-29(3)68(113)114)14-11-13-21-79-47(101)22-36(75)60(76)105)80-65(110)30(4)118-58-50(85-34(8)97)70(117)120-43(25-93)56(58)125-72-49(84-33(7)96)54(104)55(42(24-92)122-72)124-73-51(86-35(9)98)59(57(44(26-94)123-73)126-71-48(83-32(6)95)53(103)52(102)41(23-91)121-71)119-31(5)66(111)81-28(2)64(109)90-38(62(78)107)17-19-46(100)88-40(69(115)116)15-10-12-20-74/h27-31,36-44,48-59,70-73,91-94,102-104,117H,10-26,74-75H2,1-9H3,(H2,76,105)(H2,77,106)(H2,78,107)(H,79,101)(H,80,110)(H,81,111)(H,82,112)(H,83,95)(H,84,96)(H,85,97)(H,86,98)(H,87,99)(H,88,100)(H,89,108)(H,90,109)(H,113,114)(H,115,116). The number of ether oxygens (including phenoxy) is 9. The molecule has 0 spiro atoms. The van der Waals surface area contributed by atoms with E-state index in [0.717, 1.165) is 62.3 Å². The SMILES string of the molecule is CC(=O)NC1C(OC2C(CO)OC(OC3C(CO)OC(OC4C(CO)OC(O)C(NC(C)=O)C4OC(C)C(=O)NC(C)C(=O)NC(CCC(=O)NC(CCCCNC(=O)CC(N)C(N)=O)C(=O)NC(C)C(=O)O)C(N)=O)C(NC(C)=O)C3O)C(NC(C)=O)C2OC(C)C(=O)NC(C)C(=O)NC(CCC(=O)NC(CCCCN)C(=O)O)C(N)=O)OC(CO)C(O)C1O. The zero-order chi connectivity index (χ0) is 95.0. The molecule has 53 nitrogen and oxygen atoms in total. The van der Waals surface area contributed by atoms with Crippen molar-refractivity contribution in [1.29, 1.82) is 0 Å². The molecule has 4 heterocycles. The number of aliphatic carboxylic acids is 2. The largest absolute Gasteiger partial charge is 0.480 e. The second-order valence-corrected chi connectivity index (χ2v) is 30.5. The number of nitrogens with two attached hydrogens (primary N) is 5. The van der Waals surface area contributed by atoms with Crippen LogP contribution in [0.15, 0.2) is 0 Å². The molecule has 126 heavy (non-hydrogen) atoms. The molecular formula is C73H123N17O36. The first kappa shape index (κ1) is 109. The summed E-state index contributed by atoms with van der Waals surface area (Å²) in [5, 5.41) is 137. The van der Waals surface area contributed by atoms with Gasteiger partial charge in [-0.3, -0.25) is 76.7 Å². The molecule has 30 unspecified atom stereocenters. The number of nitrogens with one attached hydrogen (secondary N) is 12. The average molecular weight is 1810 g/mol. The number of carboxylic acid groups (broad SMARTS) is 2. The van der Waals surface area contributed by atoms with E-state index < -0.39 is 342 Å². The molecular weight excluding hydrogens is 1690 g/mol. The number of unbranched alkanes of at least 4 members (excludes halogenated alkanes) is 2. The molecule has 15 amide bonds. The Morgan fingerprint density at radius 1 is 0.381 bits per heavy atom. The van der Waals surface area contributed by atoms with Crippen LogP contribution in [-0.2, 0) is 124 Å². The minimum atomic E-state index is -2.26. The number of carbonyl (C=O) groups excluding carboxylic acids is 15. The van der Waals surface area contributed by atoms with Crippen molar-refractivity contribution in [3.05, 3.63) is 0 Å². The Morgan fingerprint density at radius 3 is 1.21 bits per heavy atom. The highest BCUT2D eigenvalue weighted by Crippen LogP contribution is 2.37. The summed E-state index contributed by atoms with van der Waals surface area (Å²) in [6, 6.07) is -19.2. The fourth-order valence-corrected chi connectivity index (χ4v) is 13.6. The van der Waals surface area contributed by atoms with E-state index in [1.54, 1.807) is 0 Å². The third-order valence-corrected chi connectivity index (χ3v) is 20.3. The highest BCUT2D eigenvalue weighted by molar-refractivity contribution is 5.95. The van der Waals surface area contributed by atoms with Crippen LogP contribution < -0.4 is 92.5 Å². The lowest BCUT2D eigenvalue weighted by Gasteiger charge is -2.52. The predicted octanol–water partition coefficient (Wildman–Crippen LogP) is -14.6. The third kappa shape index (κ3) is 33.5. The second kappa shape index (κ2) is 52.5. The first-order chi connectivity index (χ1) is 59.1. The Labute approximate surface area is 721 Å². The van der Waals surface area contributed by atoms with E-state index in [1.807, 2.05) is 0 Å². The Balaban J connectivity index is 1.67. The molecule has 4 aliphatic rings. The van der Waals surface area contributed by atoms with Crippen LogP contribution in [0, 0.1) is 0 Å². The zero-order valence-corrected chi connectivity index (χ0v) is 70.8. The maximum atomic E-state index is 14.3. The Bertz CT molecular complexity index is 3710. The van der Waals surface area contributed by atoms with Crippen LogP contribution in [-0.4, -0.2) is 374 Å². The molecule has 0 aromatic carbocycles. The molecule has 0 aromatic rings. The number of aliphatic hydroxyl groups is 8. The van der Waals surface area contributed by atoms with Crippen LogP contribution in [0.25, 0.3) is 0 Å². The van der Waals surface area contributed by atoms with Gasteiger partial charge in [-0.05, 0) is 92.5 Å². The number of amides is 15. The molecule has 4 aliphatic heterocycles. The van der Waals surface area contributed by atoms with Crippen molar-refractivity contribution in [1.82, 2.24) is 63.8 Å². The topological polar surface area (TPSA) is 850 Å². The number of rotatable bonds is 52. The molecule has 0 aliphatic carbocycles.